The first-order valence-electron chi connectivity index (χ1n) is 4.61. The third-order valence-electron chi connectivity index (χ3n) is 3.38. The zero-order valence-corrected chi connectivity index (χ0v) is 7.97. The van der Waals surface area contributed by atoms with Crippen molar-refractivity contribution in [1.82, 2.24) is 4.90 Å². The Bertz CT molecular complexity index is 214. The minimum Gasteiger partial charge on any atom is -0.379 e. The number of hydrogen-bond acceptors (Lipinski definition) is 2. The first kappa shape index (κ1) is 8.27. The van der Waals surface area contributed by atoms with Crippen LogP contribution in [0.5, 0.6) is 0 Å². The normalized spacial score (nSPS) is 42.2. The second-order valence-corrected chi connectivity index (χ2v) is 4.22. The van der Waals surface area contributed by atoms with Crippen LogP contribution in [0.25, 0.3) is 0 Å². The molecule has 2 heterocycles. The van der Waals surface area contributed by atoms with Gasteiger partial charge in [0, 0.05) is 25.7 Å². The molecule has 0 aliphatic carbocycles. The molecular formula is C10H17NO. The lowest BCUT2D eigenvalue weighted by Crippen LogP contribution is -2.43. The quantitative estimate of drug-likeness (QED) is 0.548. The summed E-state index contributed by atoms with van der Waals surface area (Å²) in [5.74, 6) is 0. The number of rotatable bonds is 1. The van der Waals surface area contributed by atoms with Crippen LogP contribution in [-0.2, 0) is 4.74 Å². The molecule has 2 atom stereocenters. The molecule has 1 unspecified atom stereocenters. The van der Waals surface area contributed by atoms with Gasteiger partial charge in [-0.15, -0.1) is 0 Å². The van der Waals surface area contributed by atoms with E-state index in [0.29, 0.717) is 6.10 Å². The Hall–Kier alpha value is -0.340. The SMILES string of the molecule is C=C1CN2CCC(OC)[C@@]2(C)C1. The summed E-state index contributed by atoms with van der Waals surface area (Å²) < 4.78 is 5.49. The molecule has 0 amide bonds. The molecule has 12 heavy (non-hydrogen) atoms. The van der Waals surface area contributed by atoms with Gasteiger partial charge in [0.2, 0.25) is 0 Å². The van der Waals surface area contributed by atoms with E-state index in [4.69, 9.17) is 4.74 Å². The average Bonchev–Trinajstić information content (AvgIpc) is 2.41. The monoisotopic (exact) mass is 167 g/mol. The van der Waals surface area contributed by atoms with Crippen LogP contribution in [0.1, 0.15) is 19.8 Å². The summed E-state index contributed by atoms with van der Waals surface area (Å²) in [5, 5.41) is 0. The fourth-order valence-corrected chi connectivity index (χ4v) is 2.73. The summed E-state index contributed by atoms with van der Waals surface area (Å²) in [6.07, 6.45) is 2.71. The third kappa shape index (κ3) is 0.947. The van der Waals surface area contributed by atoms with Crippen LogP contribution in [0, 0.1) is 0 Å². The number of nitrogens with zero attached hydrogens (tertiary/aromatic N) is 1. The molecule has 0 N–H and O–H groups in total. The summed E-state index contributed by atoms with van der Waals surface area (Å²) in [4.78, 5) is 2.50. The van der Waals surface area contributed by atoms with Crippen molar-refractivity contribution in [3.05, 3.63) is 12.2 Å². The van der Waals surface area contributed by atoms with E-state index in [9.17, 15) is 0 Å². The van der Waals surface area contributed by atoms with E-state index >= 15 is 0 Å². The smallest absolute Gasteiger partial charge is 0.0767 e. The zero-order chi connectivity index (χ0) is 8.77. The van der Waals surface area contributed by atoms with Crippen molar-refractivity contribution in [3.8, 4) is 0 Å². The summed E-state index contributed by atoms with van der Waals surface area (Å²) in [5.41, 5.74) is 1.62. The van der Waals surface area contributed by atoms with Crippen LogP contribution in [-0.4, -0.2) is 36.7 Å². The van der Waals surface area contributed by atoms with E-state index in [1.807, 2.05) is 7.11 Å². The number of fused-ring (bicyclic) bond motifs is 1. The lowest BCUT2D eigenvalue weighted by molar-refractivity contribution is 0.0270. The van der Waals surface area contributed by atoms with Crippen molar-refractivity contribution < 1.29 is 4.74 Å². The summed E-state index contributed by atoms with van der Waals surface area (Å²) in [7, 11) is 1.82. The van der Waals surface area contributed by atoms with E-state index in [-0.39, 0.29) is 5.54 Å². The molecule has 2 saturated heterocycles. The van der Waals surface area contributed by atoms with Gasteiger partial charge in [0.25, 0.3) is 0 Å². The molecule has 2 aliphatic heterocycles. The maximum absolute atomic E-state index is 5.49. The van der Waals surface area contributed by atoms with Crippen LogP contribution in [0.3, 0.4) is 0 Å². The largest absolute Gasteiger partial charge is 0.379 e. The van der Waals surface area contributed by atoms with Gasteiger partial charge in [-0.2, -0.15) is 0 Å². The summed E-state index contributed by atoms with van der Waals surface area (Å²) in [6, 6.07) is 0. The number of methoxy groups -OCH3 is 1. The van der Waals surface area contributed by atoms with Gasteiger partial charge < -0.3 is 4.74 Å². The van der Waals surface area contributed by atoms with E-state index in [1.54, 1.807) is 0 Å². The summed E-state index contributed by atoms with van der Waals surface area (Å²) in [6.45, 7) is 8.61. The zero-order valence-electron chi connectivity index (χ0n) is 7.97. The standard InChI is InChI=1S/C10H17NO/c1-8-6-10(2)9(12-3)4-5-11(10)7-8/h9H,1,4-7H2,2-3H3/t9?,10-/m1/s1. The molecule has 0 aromatic carbocycles. The predicted molar refractivity (Wildman–Crippen MR) is 49.1 cm³/mol. The van der Waals surface area contributed by atoms with Crippen molar-refractivity contribution in [2.75, 3.05) is 20.2 Å². The second kappa shape index (κ2) is 2.57. The van der Waals surface area contributed by atoms with Crippen LogP contribution >= 0.6 is 0 Å². The van der Waals surface area contributed by atoms with Gasteiger partial charge in [-0.25, -0.2) is 0 Å². The number of hydrogen-bond donors (Lipinski definition) is 0. The maximum Gasteiger partial charge on any atom is 0.0767 e. The summed E-state index contributed by atoms with van der Waals surface area (Å²) >= 11 is 0. The molecule has 2 nitrogen and oxygen atoms in total. The first-order valence-corrected chi connectivity index (χ1v) is 4.61. The predicted octanol–water partition coefficient (Wildman–Crippen LogP) is 1.43. The van der Waals surface area contributed by atoms with Crippen LogP contribution in [0.4, 0.5) is 0 Å². The van der Waals surface area contributed by atoms with Crippen LogP contribution < -0.4 is 0 Å². The molecule has 2 aliphatic rings. The molecule has 0 radical (unpaired) electrons. The Morgan fingerprint density at radius 1 is 1.67 bits per heavy atom. The molecule has 0 aromatic heterocycles. The van der Waals surface area contributed by atoms with Gasteiger partial charge in [0.15, 0.2) is 0 Å². The fourth-order valence-electron chi connectivity index (χ4n) is 2.73. The van der Waals surface area contributed by atoms with Crippen LogP contribution in [0.2, 0.25) is 0 Å². The highest BCUT2D eigenvalue weighted by Gasteiger charge is 2.49. The van der Waals surface area contributed by atoms with Crippen molar-refractivity contribution in [2.45, 2.75) is 31.4 Å². The lowest BCUT2D eigenvalue weighted by Gasteiger charge is -2.31. The topological polar surface area (TPSA) is 12.5 Å². The lowest BCUT2D eigenvalue weighted by atomic mass is 9.92. The molecule has 2 fully saturated rings. The highest BCUT2D eigenvalue weighted by atomic mass is 16.5. The maximum atomic E-state index is 5.49. The third-order valence-corrected chi connectivity index (χ3v) is 3.38. The molecule has 2 heteroatoms. The van der Waals surface area contributed by atoms with Gasteiger partial charge >= 0.3 is 0 Å². The molecular weight excluding hydrogens is 150 g/mol. The molecule has 68 valence electrons. The molecule has 0 bridgehead atoms. The second-order valence-electron chi connectivity index (χ2n) is 4.22. The first-order chi connectivity index (χ1) is 5.66. The van der Waals surface area contributed by atoms with Crippen molar-refractivity contribution in [3.63, 3.8) is 0 Å². The minimum absolute atomic E-state index is 0.256. The Balaban J connectivity index is 2.21. The highest BCUT2D eigenvalue weighted by Crippen LogP contribution is 2.41. The van der Waals surface area contributed by atoms with Crippen molar-refractivity contribution in [1.29, 1.82) is 0 Å². The van der Waals surface area contributed by atoms with E-state index in [2.05, 4.69) is 18.4 Å². The fraction of sp³-hybridized carbons (Fsp3) is 0.800. The molecule has 0 aromatic rings. The van der Waals surface area contributed by atoms with Crippen molar-refractivity contribution in [2.24, 2.45) is 0 Å². The van der Waals surface area contributed by atoms with E-state index in [1.165, 1.54) is 18.5 Å². The van der Waals surface area contributed by atoms with Gasteiger partial charge in [0.1, 0.15) is 0 Å². The van der Waals surface area contributed by atoms with Gasteiger partial charge in [-0.1, -0.05) is 12.2 Å². The Kier molecular flexibility index (Phi) is 1.77. The van der Waals surface area contributed by atoms with Gasteiger partial charge in [-0.3, -0.25) is 4.90 Å². The molecule has 2 rings (SSSR count). The average molecular weight is 167 g/mol. The Morgan fingerprint density at radius 2 is 2.42 bits per heavy atom. The van der Waals surface area contributed by atoms with Gasteiger partial charge in [0.05, 0.1) is 6.10 Å². The molecule has 0 saturated carbocycles. The Labute approximate surface area is 74.2 Å². The number of ether oxygens (including phenoxy) is 1. The minimum atomic E-state index is 0.256. The van der Waals surface area contributed by atoms with Crippen molar-refractivity contribution >= 4 is 0 Å². The Morgan fingerprint density at radius 3 is 3.08 bits per heavy atom. The van der Waals surface area contributed by atoms with Gasteiger partial charge in [-0.05, 0) is 19.8 Å². The van der Waals surface area contributed by atoms with Crippen LogP contribution in [0.15, 0.2) is 12.2 Å². The highest BCUT2D eigenvalue weighted by molar-refractivity contribution is 5.18. The molecule has 0 spiro atoms. The van der Waals surface area contributed by atoms with E-state index < -0.39 is 0 Å². The van der Waals surface area contributed by atoms with E-state index in [0.717, 1.165) is 13.0 Å².